The van der Waals surface area contributed by atoms with E-state index in [1.165, 1.54) is 7.05 Å². The summed E-state index contributed by atoms with van der Waals surface area (Å²) in [4.78, 5) is 24.6. The van der Waals surface area contributed by atoms with Crippen molar-refractivity contribution in [3.63, 3.8) is 0 Å². The molecule has 108 valence electrons. The summed E-state index contributed by atoms with van der Waals surface area (Å²) < 4.78 is 0. The monoisotopic (exact) mass is 314 g/mol. The number of rotatable bonds is 4. The average molecular weight is 315 g/mol. The maximum Gasteiger partial charge on any atom is 0.246 e. The van der Waals surface area contributed by atoms with Gasteiger partial charge in [-0.15, -0.1) is 0 Å². The molecule has 20 heavy (non-hydrogen) atoms. The predicted octanol–water partition coefficient (Wildman–Crippen LogP) is 2.79. The largest absolute Gasteiger partial charge is 0.298 e. The molecule has 1 heterocycles. The van der Waals surface area contributed by atoms with Crippen LogP contribution in [0.3, 0.4) is 0 Å². The molecule has 0 aliphatic carbocycles. The lowest BCUT2D eigenvalue weighted by Gasteiger charge is -2.22. The van der Waals surface area contributed by atoms with Gasteiger partial charge in [-0.2, -0.15) is 0 Å². The van der Waals surface area contributed by atoms with Crippen LogP contribution in [0.25, 0.3) is 0 Å². The van der Waals surface area contributed by atoms with Crippen molar-refractivity contribution in [2.45, 2.75) is 31.8 Å². The summed E-state index contributed by atoms with van der Waals surface area (Å²) in [6.07, 6.45) is 0.945. The lowest BCUT2D eigenvalue weighted by atomic mass is 10.0. The highest BCUT2D eigenvalue weighted by molar-refractivity contribution is 6.35. The average Bonchev–Trinajstić information content (AvgIpc) is 2.64. The molecule has 1 saturated heterocycles. The molecule has 1 aliphatic rings. The SMILES string of the molecule is CCC(NC1CC(=O)N(C)C1=O)c1ccc(Cl)cc1Cl. The molecule has 2 unspecified atom stereocenters. The number of halogens is 2. The van der Waals surface area contributed by atoms with E-state index in [0.717, 1.165) is 16.9 Å². The lowest BCUT2D eigenvalue weighted by Crippen LogP contribution is -2.39. The highest BCUT2D eigenvalue weighted by Crippen LogP contribution is 2.29. The number of likely N-dealkylation sites (tertiary alicyclic amines) is 1. The van der Waals surface area contributed by atoms with Crippen LogP contribution in [-0.4, -0.2) is 29.8 Å². The van der Waals surface area contributed by atoms with Crippen molar-refractivity contribution in [1.82, 2.24) is 10.2 Å². The van der Waals surface area contributed by atoms with Crippen LogP contribution >= 0.6 is 23.2 Å². The van der Waals surface area contributed by atoms with Gasteiger partial charge < -0.3 is 0 Å². The second-order valence-electron chi connectivity index (χ2n) is 4.84. The minimum absolute atomic E-state index is 0.0898. The number of likely N-dealkylation sites (N-methyl/N-ethyl adjacent to an activating group) is 1. The van der Waals surface area contributed by atoms with Gasteiger partial charge in [0.2, 0.25) is 11.8 Å². The van der Waals surface area contributed by atoms with Gasteiger partial charge in [0.1, 0.15) is 0 Å². The third-order valence-corrected chi connectivity index (χ3v) is 4.09. The summed E-state index contributed by atoms with van der Waals surface area (Å²) in [5.41, 5.74) is 0.883. The first-order chi connectivity index (χ1) is 9.43. The molecular weight excluding hydrogens is 299 g/mol. The zero-order valence-corrected chi connectivity index (χ0v) is 12.8. The van der Waals surface area contributed by atoms with Crippen LogP contribution in [0.15, 0.2) is 18.2 Å². The van der Waals surface area contributed by atoms with Crippen LogP contribution < -0.4 is 5.32 Å². The molecule has 6 heteroatoms. The molecule has 0 spiro atoms. The van der Waals surface area contributed by atoms with Gasteiger partial charge in [0.05, 0.1) is 12.5 Å². The van der Waals surface area contributed by atoms with E-state index in [-0.39, 0.29) is 24.3 Å². The quantitative estimate of drug-likeness (QED) is 0.869. The Morgan fingerprint density at radius 3 is 2.60 bits per heavy atom. The van der Waals surface area contributed by atoms with Crippen molar-refractivity contribution >= 4 is 35.0 Å². The van der Waals surface area contributed by atoms with Gasteiger partial charge in [-0.25, -0.2) is 0 Å². The van der Waals surface area contributed by atoms with E-state index >= 15 is 0 Å². The summed E-state index contributed by atoms with van der Waals surface area (Å²) in [5, 5.41) is 4.34. The van der Waals surface area contributed by atoms with Crippen LogP contribution in [0.5, 0.6) is 0 Å². The molecule has 1 aromatic rings. The predicted molar refractivity (Wildman–Crippen MR) is 78.8 cm³/mol. The number of nitrogens with zero attached hydrogens (tertiary/aromatic N) is 1. The Balaban J connectivity index is 2.17. The molecule has 1 N–H and O–H groups in total. The normalized spacial score (nSPS) is 20.6. The van der Waals surface area contributed by atoms with Gasteiger partial charge in [0.15, 0.2) is 0 Å². The Morgan fingerprint density at radius 2 is 2.10 bits per heavy atom. The number of imide groups is 1. The van der Waals surface area contributed by atoms with Crippen LogP contribution in [0, 0.1) is 0 Å². The molecule has 0 saturated carbocycles. The molecule has 2 amide bonds. The van der Waals surface area contributed by atoms with E-state index in [4.69, 9.17) is 23.2 Å². The van der Waals surface area contributed by atoms with Gasteiger partial charge in [-0.05, 0) is 24.1 Å². The van der Waals surface area contributed by atoms with Gasteiger partial charge in [-0.1, -0.05) is 36.2 Å². The molecule has 2 atom stereocenters. The summed E-state index contributed by atoms with van der Waals surface area (Å²) >= 11 is 12.1. The summed E-state index contributed by atoms with van der Waals surface area (Å²) in [7, 11) is 1.50. The zero-order valence-electron chi connectivity index (χ0n) is 11.3. The maximum absolute atomic E-state index is 11.9. The minimum Gasteiger partial charge on any atom is -0.298 e. The fourth-order valence-electron chi connectivity index (χ4n) is 2.34. The molecule has 0 radical (unpaired) electrons. The van der Waals surface area contributed by atoms with Crippen molar-refractivity contribution in [3.05, 3.63) is 33.8 Å². The van der Waals surface area contributed by atoms with Crippen molar-refractivity contribution in [1.29, 1.82) is 0 Å². The first-order valence-electron chi connectivity index (χ1n) is 6.45. The molecule has 0 aromatic heterocycles. The molecule has 1 fully saturated rings. The van der Waals surface area contributed by atoms with E-state index in [1.54, 1.807) is 12.1 Å². The number of carbonyl (C=O) groups is 2. The highest BCUT2D eigenvalue weighted by atomic mass is 35.5. The van der Waals surface area contributed by atoms with Crippen molar-refractivity contribution in [2.24, 2.45) is 0 Å². The number of carbonyl (C=O) groups excluding carboxylic acids is 2. The van der Waals surface area contributed by atoms with E-state index in [9.17, 15) is 9.59 Å². The minimum atomic E-state index is -0.482. The van der Waals surface area contributed by atoms with E-state index < -0.39 is 6.04 Å². The number of hydrogen-bond donors (Lipinski definition) is 1. The molecule has 0 bridgehead atoms. The third kappa shape index (κ3) is 2.97. The van der Waals surface area contributed by atoms with Gasteiger partial charge in [0, 0.05) is 23.1 Å². The topological polar surface area (TPSA) is 49.4 Å². The zero-order chi connectivity index (χ0) is 14.9. The summed E-state index contributed by atoms with van der Waals surface area (Å²) in [6.45, 7) is 1.99. The molecule has 1 aromatic carbocycles. The van der Waals surface area contributed by atoms with Gasteiger partial charge in [0.25, 0.3) is 0 Å². The Hall–Kier alpha value is -1.10. The number of hydrogen-bond acceptors (Lipinski definition) is 3. The standard InChI is InChI=1S/C14H16Cl2N2O2/c1-3-11(9-5-4-8(15)6-10(9)16)17-12-7-13(19)18(2)14(12)20/h4-6,11-12,17H,3,7H2,1-2H3. The first-order valence-corrected chi connectivity index (χ1v) is 7.21. The van der Waals surface area contributed by atoms with Gasteiger partial charge >= 0.3 is 0 Å². The molecular formula is C14H16Cl2N2O2. The van der Waals surface area contributed by atoms with Crippen LogP contribution in [0.1, 0.15) is 31.4 Å². The maximum atomic E-state index is 11.9. The second kappa shape index (κ2) is 6.12. The fraction of sp³-hybridized carbons (Fsp3) is 0.429. The van der Waals surface area contributed by atoms with Crippen molar-refractivity contribution in [2.75, 3.05) is 7.05 Å². The Labute approximate surface area is 128 Å². The fourth-order valence-corrected chi connectivity index (χ4v) is 2.88. The third-order valence-electron chi connectivity index (χ3n) is 3.53. The Morgan fingerprint density at radius 1 is 1.40 bits per heavy atom. The smallest absolute Gasteiger partial charge is 0.246 e. The van der Waals surface area contributed by atoms with E-state index in [1.807, 2.05) is 13.0 Å². The van der Waals surface area contributed by atoms with E-state index in [0.29, 0.717) is 10.0 Å². The van der Waals surface area contributed by atoms with Crippen LogP contribution in [-0.2, 0) is 9.59 Å². The van der Waals surface area contributed by atoms with Crippen LogP contribution in [0.2, 0.25) is 10.0 Å². The highest BCUT2D eigenvalue weighted by Gasteiger charge is 2.37. The number of benzene rings is 1. The molecule has 4 nitrogen and oxygen atoms in total. The summed E-state index contributed by atoms with van der Waals surface area (Å²) in [5.74, 6) is -0.358. The molecule has 1 aliphatic heterocycles. The lowest BCUT2D eigenvalue weighted by molar-refractivity contribution is -0.137. The van der Waals surface area contributed by atoms with Crippen molar-refractivity contribution in [3.8, 4) is 0 Å². The second-order valence-corrected chi connectivity index (χ2v) is 5.68. The number of nitrogens with one attached hydrogen (secondary N) is 1. The van der Waals surface area contributed by atoms with Gasteiger partial charge in [-0.3, -0.25) is 19.8 Å². The Bertz CT molecular complexity index is 548. The Kier molecular flexibility index (Phi) is 4.68. The van der Waals surface area contributed by atoms with Crippen molar-refractivity contribution < 1.29 is 9.59 Å². The van der Waals surface area contributed by atoms with Crippen LogP contribution in [0.4, 0.5) is 0 Å². The summed E-state index contributed by atoms with van der Waals surface area (Å²) in [6, 6.07) is 4.71. The molecule has 2 rings (SSSR count). The van der Waals surface area contributed by atoms with E-state index in [2.05, 4.69) is 5.32 Å². The first kappa shape index (κ1) is 15.3. The number of amides is 2.